The molecule has 1 saturated heterocycles. The second kappa shape index (κ2) is 10.4. The first-order chi connectivity index (χ1) is 19.1. The van der Waals surface area contributed by atoms with Crippen LogP contribution in [0.4, 0.5) is 17.3 Å². The van der Waals surface area contributed by atoms with Crippen LogP contribution in [0.1, 0.15) is 18.4 Å². The molecular weight excluding hydrogens is 494 g/mol. The van der Waals surface area contributed by atoms with E-state index in [0.29, 0.717) is 29.3 Å². The van der Waals surface area contributed by atoms with E-state index in [0.717, 1.165) is 47.7 Å². The Kier molecular flexibility index (Phi) is 6.45. The monoisotopic (exact) mass is 521 g/mol. The number of amides is 1. The zero-order valence-corrected chi connectivity index (χ0v) is 21.4. The van der Waals surface area contributed by atoms with Gasteiger partial charge in [0.1, 0.15) is 35.5 Å². The highest BCUT2D eigenvalue weighted by Crippen LogP contribution is 2.30. The fourth-order valence-electron chi connectivity index (χ4n) is 4.73. The van der Waals surface area contributed by atoms with Crippen LogP contribution in [0.25, 0.3) is 16.7 Å². The van der Waals surface area contributed by atoms with E-state index in [-0.39, 0.29) is 11.9 Å². The van der Waals surface area contributed by atoms with Crippen LogP contribution in [0.2, 0.25) is 0 Å². The smallest absolute Gasteiger partial charge is 0.243 e. The Morgan fingerprint density at radius 2 is 2.05 bits per heavy atom. The van der Waals surface area contributed by atoms with Gasteiger partial charge in [0.2, 0.25) is 5.91 Å². The van der Waals surface area contributed by atoms with Gasteiger partial charge in [0.05, 0.1) is 5.52 Å². The highest BCUT2D eigenvalue weighted by atomic mass is 16.5. The van der Waals surface area contributed by atoms with Crippen LogP contribution in [0.5, 0.6) is 11.5 Å². The van der Waals surface area contributed by atoms with Gasteiger partial charge in [0.25, 0.3) is 0 Å². The van der Waals surface area contributed by atoms with Crippen molar-refractivity contribution in [2.75, 3.05) is 23.3 Å². The topological polar surface area (TPSA) is 122 Å². The van der Waals surface area contributed by atoms with Crippen LogP contribution in [-0.4, -0.2) is 54.6 Å². The largest absolute Gasteiger partial charge is 0.457 e. The number of rotatable bonds is 7. The molecule has 0 spiro atoms. The number of ether oxygens (including phenoxy) is 1. The fraction of sp³-hybridized carbons (Fsp3) is 0.214. The van der Waals surface area contributed by atoms with E-state index in [1.54, 1.807) is 4.52 Å². The lowest BCUT2D eigenvalue weighted by Gasteiger charge is -2.33. The van der Waals surface area contributed by atoms with Gasteiger partial charge in [-0.15, -0.1) is 0 Å². The molecule has 1 aliphatic heterocycles. The van der Waals surface area contributed by atoms with Crippen LogP contribution in [0.15, 0.2) is 74.0 Å². The highest BCUT2D eigenvalue weighted by molar-refractivity contribution is 5.88. The zero-order valence-electron chi connectivity index (χ0n) is 21.4. The third-order valence-corrected chi connectivity index (χ3v) is 6.66. The molecule has 0 aliphatic carbocycles. The van der Waals surface area contributed by atoms with Crippen LogP contribution in [0.3, 0.4) is 0 Å². The number of pyridine rings is 2. The predicted octanol–water partition coefficient (Wildman–Crippen LogP) is 4.18. The molecule has 1 fully saturated rings. The number of aromatic nitrogens is 6. The summed E-state index contributed by atoms with van der Waals surface area (Å²) in [6.07, 6.45) is 8.03. The minimum absolute atomic E-state index is 0.0494. The van der Waals surface area contributed by atoms with Gasteiger partial charge in [-0.05, 0) is 67.8 Å². The second-order valence-corrected chi connectivity index (χ2v) is 9.39. The summed E-state index contributed by atoms with van der Waals surface area (Å²) < 4.78 is 7.78. The van der Waals surface area contributed by atoms with Crippen LogP contribution < -0.4 is 20.3 Å². The molecule has 1 aromatic carbocycles. The second-order valence-electron chi connectivity index (χ2n) is 9.39. The first-order valence-electron chi connectivity index (χ1n) is 12.7. The maximum absolute atomic E-state index is 11.8. The van der Waals surface area contributed by atoms with E-state index in [4.69, 9.17) is 9.72 Å². The zero-order chi connectivity index (χ0) is 26.8. The average molecular weight is 522 g/mol. The number of piperidine rings is 1. The number of aryl methyl sites for hydroxylation is 1. The Morgan fingerprint density at radius 1 is 1.13 bits per heavy atom. The van der Waals surface area contributed by atoms with Gasteiger partial charge in [-0.1, -0.05) is 6.58 Å². The summed E-state index contributed by atoms with van der Waals surface area (Å²) in [5, 5.41) is 10.5. The van der Waals surface area contributed by atoms with Gasteiger partial charge in [-0.3, -0.25) is 4.79 Å². The summed E-state index contributed by atoms with van der Waals surface area (Å²) in [5.41, 5.74) is 3.93. The van der Waals surface area contributed by atoms with E-state index >= 15 is 0 Å². The third-order valence-electron chi connectivity index (χ3n) is 6.66. The fourth-order valence-corrected chi connectivity index (χ4v) is 4.73. The lowest BCUT2D eigenvalue weighted by atomic mass is 10.1. The molecule has 6 rings (SSSR count). The minimum Gasteiger partial charge on any atom is -0.457 e. The van der Waals surface area contributed by atoms with Gasteiger partial charge in [0.15, 0.2) is 11.5 Å². The number of anilines is 3. The van der Waals surface area contributed by atoms with Crippen molar-refractivity contribution in [3.05, 3.63) is 79.5 Å². The highest BCUT2D eigenvalue weighted by Gasteiger charge is 2.22. The van der Waals surface area contributed by atoms with Crippen molar-refractivity contribution in [2.45, 2.75) is 25.8 Å². The first-order valence-corrected chi connectivity index (χ1v) is 12.7. The van der Waals surface area contributed by atoms with Crippen molar-refractivity contribution >= 4 is 39.9 Å². The number of benzene rings is 1. The van der Waals surface area contributed by atoms with E-state index < -0.39 is 0 Å². The van der Waals surface area contributed by atoms with Crippen LogP contribution in [-0.2, 0) is 4.79 Å². The SMILES string of the molecule is C=CC(=O)N[C@H]1CCCN(c2ccc3ncnc(Nc4ccc(Oc5ccn6ncnc6c5)c(C)c4)c3n2)C1. The number of nitrogens with zero attached hydrogens (tertiary/aromatic N) is 7. The molecule has 0 unspecified atom stereocenters. The predicted molar refractivity (Wildman–Crippen MR) is 148 cm³/mol. The minimum atomic E-state index is -0.156. The molecule has 1 amide bonds. The number of carbonyl (C=O) groups excluding carboxylic acids is 1. The number of carbonyl (C=O) groups is 1. The lowest BCUT2D eigenvalue weighted by Crippen LogP contribution is -2.47. The molecule has 5 aromatic rings. The molecule has 11 nitrogen and oxygen atoms in total. The van der Waals surface area contributed by atoms with E-state index in [2.05, 4.69) is 42.2 Å². The molecular formula is C28H27N9O2. The standard InChI is InChI=1S/C28H27N9O2/c1-3-26(38)33-20-5-4-11-36(15-20)24-9-7-22-27(35-24)28(31-16-29-22)34-19-6-8-23(18(2)13-19)39-21-10-12-37-25(14-21)30-17-32-37/h3,6-10,12-14,16-17,20H,1,4-5,11,15H2,2H3,(H,33,38)(H,29,31,34)/t20-/m0/s1. The summed E-state index contributed by atoms with van der Waals surface area (Å²) in [6, 6.07) is 13.5. The molecule has 196 valence electrons. The summed E-state index contributed by atoms with van der Waals surface area (Å²) >= 11 is 0. The molecule has 1 atom stereocenters. The van der Waals surface area contributed by atoms with E-state index in [1.807, 2.05) is 55.6 Å². The maximum Gasteiger partial charge on any atom is 0.243 e. The number of fused-ring (bicyclic) bond motifs is 2. The average Bonchev–Trinajstić information content (AvgIpc) is 3.43. The Labute approximate surface area is 224 Å². The van der Waals surface area contributed by atoms with Gasteiger partial charge in [-0.25, -0.2) is 24.5 Å². The normalized spacial score (nSPS) is 15.3. The number of hydrogen-bond acceptors (Lipinski definition) is 9. The van der Waals surface area contributed by atoms with Gasteiger partial charge in [-0.2, -0.15) is 5.10 Å². The number of hydrogen-bond donors (Lipinski definition) is 2. The summed E-state index contributed by atoms with van der Waals surface area (Å²) in [5.74, 6) is 2.70. The van der Waals surface area contributed by atoms with E-state index in [1.165, 1.54) is 18.7 Å². The van der Waals surface area contributed by atoms with Crippen LogP contribution in [0, 0.1) is 6.92 Å². The summed E-state index contributed by atoms with van der Waals surface area (Å²) in [4.78, 5) is 32.0. The van der Waals surface area contributed by atoms with Gasteiger partial charge in [0, 0.05) is 37.1 Å². The quantitative estimate of drug-likeness (QED) is 0.304. The van der Waals surface area contributed by atoms with Crippen molar-refractivity contribution in [1.29, 1.82) is 0 Å². The lowest BCUT2D eigenvalue weighted by molar-refractivity contribution is -0.117. The Morgan fingerprint density at radius 3 is 2.92 bits per heavy atom. The Balaban J connectivity index is 1.21. The Bertz CT molecular complexity index is 1680. The van der Waals surface area contributed by atoms with Crippen molar-refractivity contribution in [2.24, 2.45) is 0 Å². The first kappa shape index (κ1) is 24.3. The number of nitrogens with one attached hydrogen (secondary N) is 2. The molecule has 11 heteroatoms. The van der Waals surface area contributed by atoms with Gasteiger partial charge >= 0.3 is 0 Å². The summed E-state index contributed by atoms with van der Waals surface area (Å²) in [6.45, 7) is 7.08. The Hall–Kier alpha value is -5.06. The maximum atomic E-state index is 11.8. The molecule has 4 aromatic heterocycles. The molecule has 2 N–H and O–H groups in total. The van der Waals surface area contributed by atoms with Crippen molar-refractivity contribution in [1.82, 2.24) is 34.9 Å². The molecule has 0 bridgehead atoms. The molecule has 0 radical (unpaired) electrons. The van der Waals surface area contributed by atoms with Crippen molar-refractivity contribution < 1.29 is 9.53 Å². The van der Waals surface area contributed by atoms with E-state index in [9.17, 15) is 4.79 Å². The van der Waals surface area contributed by atoms with Gasteiger partial charge < -0.3 is 20.3 Å². The molecule has 1 aliphatic rings. The molecule has 39 heavy (non-hydrogen) atoms. The van der Waals surface area contributed by atoms with Crippen molar-refractivity contribution in [3.63, 3.8) is 0 Å². The third kappa shape index (κ3) is 5.19. The molecule has 5 heterocycles. The molecule has 0 saturated carbocycles. The summed E-state index contributed by atoms with van der Waals surface area (Å²) in [7, 11) is 0. The van der Waals surface area contributed by atoms with Crippen molar-refractivity contribution in [3.8, 4) is 11.5 Å². The van der Waals surface area contributed by atoms with Crippen LogP contribution >= 0.6 is 0 Å².